The van der Waals surface area contributed by atoms with Crippen LogP contribution < -0.4 is 5.73 Å². The van der Waals surface area contributed by atoms with Crippen molar-refractivity contribution in [3.63, 3.8) is 0 Å². The van der Waals surface area contributed by atoms with Crippen LogP contribution in [-0.2, 0) is 13.0 Å². The lowest BCUT2D eigenvalue weighted by atomic mass is 10.2. The predicted molar refractivity (Wildman–Crippen MR) is 66.1 cm³/mol. The fraction of sp³-hybridized carbons (Fsp3) is 0.308. The van der Waals surface area contributed by atoms with Gasteiger partial charge in [-0.25, -0.2) is 9.37 Å². The van der Waals surface area contributed by atoms with Crippen molar-refractivity contribution in [1.29, 1.82) is 0 Å². The third-order valence-electron chi connectivity index (χ3n) is 2.61. The first-order valence-corrected chi connectivity index (χ1v) is 5.74. The lowest BCUT2D eigenvalue weighted by Crippen LogP contribution is -2.05. The normalized spacial score (nSPS) is 10.7. The van der Waals surface area contributed by atoms with Crippen molar-refractivity contribution in [2.75, 3.05) is 5.73 Å². The number of aryl methyl sites for hydroxylation is 1. The third kappa shape index (κ3) is 2.84. The van der Waals surface area contributed by atoms with Crippen LogP contribution >= 0.6 is 0 Å². The Balaban J connectivity index is 2.22. The summed E-state index contributed by atoms with van der Waals surface area (Å²) in [6.45, 7) is 2.72. The minimum atomic E-state index is -0.294. The Morgan fingerprint density at radius 3 is 2.88 bits per heavy atom. The van der Waals surface area contributed by atoms with Crippen molar-refractivity contribution in [1.82, 2.24) is 9.55 Å². The van der Waals surface area contributed by atoms with Crippen LogP contribution in [0.25, 0.3) is 0 Å². The Labute approximate surface area is 100 Å². The van der Waals surface area contributed by atoms with Crippen LogP contribution in [0.2, 0.25) is 0 Å². The van der Waals surface area contributed by atoms with Crippen molar-refractivity contribution < 1.29 is 4.39 Å². The van der Waals surface area contributed by atoms with E-state index < -0.39 is 0 Å². The van der Waals surface area contributed by atoms with Crippen molar-refractivity contribution in [2.45, 2.75) is 26.3 Å². The first kappa shape index (κ1) is 11.6. The summed E-state index contributed by atoms with van der Waals surface area (Å²) in [5, 5.41) is 0. The second kappa shape index (κ2) is 4.99. The smallest absolute Gasteiger partial charge is 0.125 e. The van der Waals surface area contributed by atoms with Crippen molar-refractivity contribution in [3.8, 4) is 0 Å². The van der Waals surface area contributed by atoms with Crippen molar-refractivity contribution in [3.05, 3.63) is 47.8 Å². The minimum Gasteiger partial charge on any atom is -0.399 e. The Morgan fingerprint density at radius 2 is 2.18 bits per heavy atom. The molecule has 0 aliphatic rings. The van der Waals surface area contributed by atoms with E-state index in [1.165, 1.54) is 12.1 Å². The molecule has 0 bridgehead atoms. The zero-order chi connectivity index (χ0) is 12.3. The summed E-state index contributed by atoms with van der Waals surface area (Å²) in [7, 11) is 0. The second-order valence-corrected chi connectivity index (χ2v) is 4.11. The van der Waals surface area contributed by atoms with E-state index in [4.69, 9.17) is 5.73 Å². The zero-order valence-electron chi connectivity index (χ0n) is 9.86. The first-order valence-electron chi connectivity index (χ1n) is 5.74. The number of hydrogen-bond acceptors (Lipinski definition) is 2. The molecule has 0 saturated heterocycles. The van der Waals surface area contributed by atoms with Gasteiger partial charge in [-0.1, -0.05) is 6.92 Å². The molecular weight excluding hydrogens is 217 g/mol. The van der Waals surface area contributed by atoms with E-state index in [0.717, 1.165) is 24.2 Å². The van der Waals surface area contributed by atoms with Crippen LogP contribution in [0.1, 0.15) is 24.7 Å². The Morgan fingerprint density at radius 1 is 1.35 bits per heavy atom. The van der Waals surface area contributed by atoms with Crippen molar-refractivity contribution in [2.24, 2.45) is 0 Å². The van der Waals surface area contributed by atoms with Gasteiger partial charge in [-0.2, -0.15) is 0 Å². The maximum absolute atomic E-state index is 13.2. The van der Waals surface area contributed by atoms with Gasteiger partial charge in [-0.15, -0.1) is 0 Å². The van der Waals surface area contributed by atoms with E-state index in [1.807, 2.05) is 10.8 Å². The standard InChI is InChI=1S/C13H16FN3/c1-2-3-13-16-4-5-17(13)9-10-6-11(14)8-12(15)7-10/h4-8H,2-3,9,15H2,1H3. The molecule has 0 spiro atoms. The molecule has 1 aromatic carbocycles. The highest BCUT2D eigenvalue weighted by atomic mass is 19.1. The number of rotatable bonds is 4. The third-order valence-corrected chi connectivity index (χ3v) is 2.61. The van der Waals surface area contributed by atoms with Crippen LogP contribution in [0.5, 0.6) is 0 Å². The number of halogens is 1. The molecule has 0 aliphatic heterocycles. The molecule has 0 amide bonds. The number of benzene rings is 1. The van der Waals surface area contributed by atoms with E-state index >= 15 is 0 Å². The number of nitrogen functional groups attached to an aromatic ring is 1. The summed E-state index contributed by atoms with van der Waals surface area (Å²) in [6.07, 6.45) is 5.65. The maximum Gasteiger partial charge on any atom is 0.125 e. The fourth-order valence-electron chi connectivity index (χ4n) is 1.90. The Hall–Kier alpha value is -1.84. The number of nitrogens with two attached hydrogens (primary N) is 1. The van der Waals surface area contributed by atoms with Crippen molar-refractivity contribution >= 4 is 5.69 Å². The molecule has 0 radical (unpaired) electrons. The van der Waals surface area contributed by atoms with Gasteiger partial charge in [0, 0.05) is 31.0 Å². The van der Waals surface area contributed by atoms with E-state index in [0.29, 0.717) is 12.2 Å². The molecule has 1 aromatic heterocycles. The van der Waals surface area contributed by atoms with Crippen LogP contribution in [-0.4, -0.2) is 9.55 Å². The maximum atomic E-state index is 13.2. The number of hydrogen-bond donors (Lipinski definition) is 1. The number of nitrogens with zero attached hydrogens (tertiary/aromatic N) is 2. The lowest BCUT2D eigenvalue weighted by Gasteiger charge is -2.08. The van der Waals surface area contributed by atoms with E-state index in [2.05, 4.69) is 11.9 Å². The average Bonchev–Trinajstić information content (AvgIpc) is 2.65. The van der Waals surface area contributed by atoms with Crippen LogP contribution in [0, 0.1) is 5.82 Å². The monoisotopic (exact) mass is 233 g/mol. The molecule has 17 heavy (non-hydrogen) atoms. The summed E-state index contributed by atoms with van der Waals surface area (Å²) in [5.41, 5.74) is 6.94. The number of aromatic nitrogens is 2. The fourth-order valence-corrected chi connectivity index (χ4v) is 1.90. The predicted octanol–water partition coefficient (Wildman–Crippen LogP) is 2.61. The highest BCUT2D eigenvalue weighted by Gasteiger charge is 2.04. The average molecular weight is 233 g/mol. The highest BCUT2D eigenvalue weighted by Crippen LogP contribution is 2.13. The molecular formula is C13H16FN3. The quantitative estimate of drug-likeness (QED) is 0.825. The molecule has 0 saturated carbocycles. The summed E-state index contributed by atoms with van der Waals surface area (Å²) < 4.78 is 15.2. The van der Waals surface area contributed by atoms with Gasteiger partial charge in [0.15, 0.2) is 0 Å². The molecule has 2 rings (SSSR count). The molecule has 0 atom stereocenters. The topological polar surface area (TPSA) is 43.8 Å². The van der Waals surface area contributed by atoms with E-state index in [9.17, 15) is 4.39 Å². The van der Waals surface area contributed by atoms with Gasteiger partial charge in [-0.3, -0.25) is 0 Å². The van der Waals surface area contributed by atoms with Gasteiger partial charge < -0.3 is 10.3 Å². The molecule has 0 unspecified atom stereocenters. The van der Waals surface area contributed by atoms with E-state index in [1.54, 1.807) is 12.3 Å². The van der Waals surface area contributed by atoms with Gasteiger partial charge >= 0.3 is 0 Å². The lowest BCUT2D eigenvalue weighted by molar-refractivity contribution is 0.622. The largest absolute Gasteiger partial charge is 0.399 e. The SMILES string of the molecule is CCCc1nccn1Cc1cc(N)cc(F)c1. The molecule has 0 aliphatic carbocycles. The molecule has 2 N–H and O–H groups in total. The number of anilines is 1. The molecule has 3 nitrogen and oxygen atoms in total. The van der Waals surface area contributed by atoms with Gasteiger partial charge in [0.1, 0.15) is 11.6 Å². The molecule has 1 heterocycles. The van der Waals surface area contributed by atoms with Crippen LogP contribution in [0.3, 0.4) is 0 Å². The summed E-state index contributed by atoms with van der Waals surface area (Å²) in [6, 6.07) is 4.62. The summed E-state index contributed by atoms with van der Waals surface area (Å²) in [5.74, 6) is 0.729. The zero-order valence-corrected chi connectivity index (χ0v) is 9.86. The second-order valence-electron chi connectivity index (χ2n) is 4.11. The Bertz CT molecular complexity index is 485. The van der Waals surface area contributed by atoms with Gasteiger partial charge in [0.25, 0.3) is 0 Å². The molecule has 0 fully saturated rings. The highest BCUT2D eigenvalue weighted by molar-refractivity contribution is 5.41. The Kier molecular flexibility index (Phi) is 3.42. The molecule has 4 heteroatoms. The van der Waals surface area contributed by atoms with Gasteiger partial charge in [-0.05, 0) is 30.2 Å². The first-order chi connectivity index (χ1) is 8.19. The molecule has 2 aromatic rings. The van der Waals surface area contributed by atoms with Crippen LogP contribution in [0.15, 0.2) is 30.6 Å². The summed E-state index contributed by atoms with van der Waals surface area (Å²) >= 11 is 0. The van der Waals surface area contributed by atoms with E-state index in [-0.39, 0.29) is 5.82 Å². The minimum absolute atomic E-state index is 0.294. The van der Waals surface area contributed by atoms with Crippen LogP contribution in [0.4, 0.5) is 10.1 Å². The van der Waals surface area contributed by atoms with Gasteiger partial charge in [0.2, 0.25) is 0 Å². The van der Waals surface area contributed by atoms with Gasteiger partial charge in [0.05, 0.1) is 0 Å². The summed E-state index contributed by atoms with van der Waals surface area (Å²) in [4.78, 5) is 4.28. The molecule has 90 valence electrons. The number of imidazole rings is 1.